The van der Waals surface area contributed by atoms with Crippen LogP contribution in [0.1, 0.15) is 56.3 Å². The number of anilines is 1. The minimum absolute atomic E-state index is 0.102. The van der Waals surface area contributed by atoms with E-state index in [0.717, 1.165) is 17.7 Å². The van der Waals surface area contributed by atoms with Crippen molar-refractivity contribution in [1.82, 2.24) is 5.32 Å². The Morgan fingerprint density at radius 2 is 1.86 bits per heavy atom. The Labute approximate surface area is 164 Å². The van der Waals surface area contributed by atoms with Gasteiger partial charge in [0.2, 0.25) is 11.8 Å². The van der Waals surface area contributed by atoms with Gasteiger partial charge in [-0.3, -0.25) is 19.3 Å². The summed E-state index contributed by atoms with van der Waals surface area (Å²) >= 11 is 0. The summed E-state index contributed by atoms with van der Waals surface area (Å²) < 4.78 is 5.13. The first-order valence-corrected chi connectivity index (χ1v) is 9.79. The lowest BCUT2D eigenvalue weighted by atomic mass is 9.78. The van der Waals surface area contributed by atoms with E-state index >= 15 is 0 Å². The fraction of sp³-hybridized carbons (Fsp3) is 0.524. The number of amides is 3. The van der Waals surface area contributed by atoms with E-state index in [2.05, 4.69) is 19.2 Å². The highest BCUT2D eigenvalue weighted by Gasteiger charge is 2.31. The maximum atomic E-state index is 12.3. The molecule has 0 unspecified atom stereocenters. The molecule has 1 aliphatic heterocycles. The van der Waals surface area contributed by atoms with Crippen LogP contribution in [0.4, 0.5) is 5.69 Å². The second-order valence-corrected chi connectivity index (χ2v) is 7.69. The summed E-state index contributed by atoms with van der Waals surface area (Å²) in [7, 11) is 0. The van der Waals surface area contributed by atoms with Crippen molar-refractivity contribution in [1.29, 1.82) is 0 Å². The van der Waals surface area contributed by atoms with Crippen molar-refractivity contribution >= 4 is 29.4 Å². The molecule has 2 aliphatic rings. The molecule has 7 nitrogen and oxygen atoms in total. The number of carbonyl (C=O) groups excluding carboxylic acids is 4. The van der Waals surface area contributed by atoms with Crippen molar-refractivity contribution in [3.63, 3.8) is 0 Å². The van der Waals surface area contributed by atoms with E-state index in [0.29, 0.717) is 17.5 Å². The van der Waals surface area contributed by atoms with Gasteiger partial charge in [-0.25, -0.2) is 4.79 Å². The third-order valence-corrected chi connectivity index (χ3v) is 5.78. The molecule has 1 aromatic rings. The molecule has 0 spiro atoms. The fourth-order valence-corrected chi connectivity index (χ4v) is 3.89. The smallest absolute Gasteiger partial charge is 0.338 e. The summed E-state index contributed by atoms with van der Waals surface area (Å²) in [6.07, 6.45) is 3.53. The third-order valence-electron chi connectivity index (χ3n) is 5.78. The summed E-state index contributed by atoms with van der Waals surface area (Å²) in [5.41, 5.74) is 0.536. The summed E-state index contributed by atoms with van der Waals surface area (Å²) in [4.78, 5) is 49.3. The monoisotopic (exact) mass is 386 g/mol. The number of carbonyl (C=O) groups is 4. The van der Waals surface area contributed by atoms with Gasteiger partial charge < -0.3 is 10.1 Å². The number of benzene rings is 1. The number of nitrogens with zero attached hydrogens (tertiary/aromatic N) is 1. The molecule has 3 rings (SSSR count). The largest absolute Gasteiger partial charge is 0.452 e. The van der Waals surface area contributed by atoms with Crippen LogP contribution in [0.25, 0.3) is 0 Å². The molecule has 2 fully saturated rings. The first kappa shape index (κ1) is 20.0. The zero-order valence-corrected chi connectivity index (χ0v) is 16.3. The van der Waals surface area contributed by atoms with E-state index in [4.69, 9.17) is 4.74 Å². The standard InChI is InChI=1S/C21H26N2O5/c1-13-5-3-8-17(14(13)2)22-18(24)12-28-21(27)15-6-4-7-16(11-15)23-19(25)9-10-20(23)26/h4,6-7,11,13-14,17H,3,5,8-10,12H2,1-2H3,(H,22,24)/t13-,14+,17-/m0/s1. The first-order chi connectivity index (χ1) is 13.4. The number of hydrogen-bond donors (Lipinski definition) is 1. The molecular weight excluding hydrogens is 360 g/mol. The molecule has 1 heterocycles. The summed E-state index contributed by atoms with van der Waals surface area (Å²) in [5, 5.41) is 2.96. The predicted molar refractivity (Wildman–Crippen MR) is 103 cm³/mol. The molecule has 0 radical (unpaired) electrons. The number of imide groups is 1. The summed E-state index contributed by atoms with van der Waals surface area (Å²) in [5.74, 6) is -0.612. The maximum Gasteiger partial charge on any atom is 0.338 e. The zero-order valence-electron chi connectivity index (χ0n) is 16.3. The second-order valence-electron chi connectivity index (χ2n) is 7.69. The minimum atomic E-state index is -0.666. The third kappa shape index (κ3) is 4.40. The van der Waals surface area contributed by atoms with Crippen LogP contribution in [0.15, 0.2) is 24.3 Å². The highest BCUT2D eigenvalue weighted by Crippen LogP contribution is 2.29. The number of rotatable bonds is 5. The molecule has 1 saturated carbocycles. The van der Waals surface area contributed by atoms with Crippen molar-refractivity contribution in [3.8, 4) is 0 Å². The van der Waals surface area contributed by atoms with Crippen LogP contribution >= 0.6 is 0 Å². The van der Waals surface area contributed by atoms with Gasteiger partial charge in [0.1, 0.15) is 0 Å². The van der Waals surface area contributed by atoms with Gasteiger partial charge in [-0.1, -0.05) is 32.8 Å². The Kier molecular flexibility index (Phi) is 6.11. The number of ether oxygens (including phenoxy) is 1. The van der Waals surface area contributed by atoms with Crippen LogP contribution < -0.4 is 10.2 Å². The van der Waals surface area contributed by atoms with Gasteiger partial charge in [0.15, 0.2) is 6.61 Å². The van der Waals surface area contributed by atoms with Gasteiger partial charge in [-0.15, -0.1) is 0 Å². The Bertz CT molecular complexity index is 775. The molecule has 150 valence electrons. The van der Waals surface area contributed by atoms with Gasteiger partial charge in [-0.05, 0) is 36.5 Å². The molecule has 1 N–H and O–H groups in total. The van der Waals surface area contributed by atoms with Crippen LogP contribution in [-0.2, 0) is 19.1 Å². The lowest BCUT2D eigenvalue weighted by Gasteiger charge is -2.34. The van der Waals surface area contributed by atoms with Gasteiger partial charge in [-0.2, -0.15) is 0 Å². The van der Waals surface area contributed by atoms with Crippen molar-refractivity contribution in [2.45, 2.75) is 52.0 Å². The highest BCUT2D eigenvalue weighted by molar-refractivity contribution is 6.20. The van der Waals surface area contributed by atoms with Gasteiger partial charge in [0.25, 0.3) is 5.91 Å². The molecule has 3 amide bonds. The van der Waals surface area contributed by atoms with Crippen LogP contribution in [0.2, 0.25) is 0 Å². The van der Waals surface area contributed by atoms with E-state index in [1.807, 2.05) is 0 Å². The number of esters is 1. The molecule has 1 aromatic carbocycles. The van der Waals surface area contributed by atoms with E-state index in [9.17, 15) is 19.2 Å². The van der Waals surface area contributed by atoms with E-state index in [1.165, 1.54) is 18.6 Å². The molecule has 1 saturated heterocycles. The average molecular weight is 386 g/mol. The van der Waals surface area contributed by atoms with Crippen molar-refractivity contribution < 1.29 is 23.9 Å². The van der Waals surface area contributed by atoms with E-state index in [1.54, 1.807) is 12.1 Å². The molecular formula is C21H26N2O5. The lowest BCUT2D eigenvalue weighted by Crippen LogP contribution is -2.45. The predicted octanol–water partition coefficient (Wildman–Crippen LogP) is 2.44. The maximum absolute atomic E-state index is 12.3. The Morgan fingerprint density at radius 3 is 2.57 bits per heavy atom. The molecule has 0 aromatic heterocycles. The Morgan fingerprint density at radius 1 is 1.14 bits per heavy atom. The lowest BCUT2D eigenvalue weighted by molar-refractivity contribution is -0.125. The quantitative estimate of drug-likeness (QED) is 0.620. The number of nitrogens with one attached hydrogen (secondary N) is 1. The Balaban J connectivity index is 1.56. The second kappa shape index (κ2) is 8.54. The summed E-state index contributed by atoms with van der Waals surface area (Å²) in [6, 6.07) is 6.24. The van der Waals surface area contributed by atoms with Crippen LogP contribution in [0, 0.1) is 11.8 Å². The molecule has 0 bridgehead atoms. The van der Waals surface area contributed by atoms with Crippen molar-refractivity contribution in [2.75, 3.05) is 11.5 Å². The van der Waals surface area contributed by atoms with Gasteiger partial charge in [0, 0.05) is 18.9 Å². The van der Waals surface area contributed by atoms with Crippen LogP contribution in [0.3, 0.4) is 0 Å². The minimum Gasteiger partial charge on any atom is -0.452 e. The molecule has 3 atom stereocenters. The highest BCUT2D eigenvalue weighted by atomic mass is 16.5. The zero-order chi connectivity index (χ0) is 20.3. The molecule has 28 heavy (non-hydrogen) atoms. The van der Waals surface area contributed by atoms with E-state index < -0.39 is 5.97 Å². The normalized spacial score (nSPS) is 24.9. The average Bonchev–Trinajstić information content (AvgIpc) is 3.02. The SMILES string of the molecule is C[C@H]1[C@@H](NC(=O)COC(=O)c2cccc(N3C(=O)CCC3=O)c2)CCC[C@@H]1C. The fourth-order valence-electron chi connectivity index (χ4n) is 3.89. The number of hydrogen-bond acceptors (Lipinski definition) is 5. The molecule has 7 heteroatoms. The van der Waals surface area contributed by atoms with Crippen molar-refractivity contribution in [2.24, 2.45) is 11.8 Å². The molecule has 1 aliphatic carbocycles. The van der Waals surface area contributed by atoms with Crippen LogP contribution in [0.5, 0.6) is 0 Å². The summed E-state index contributed by atoms with van der Waals surface area (Å²) in [6.45, 7) is 3.96. The van der Waals surface area contributed by atoms with Gasteiger partial charge >= 0.3 is 5.97 Å². The van der Waals surface area contributed by atoms with Crippen LogP contribution in [-0.4, -0.2) is 36.3 Å². The topological polar surface area (TPSA) is 92.8 Å². The van der Waals surface area contributed by atoms with Crippen molar-refractivity contribution in [3.05, 3.63) is 29.8 Å². The van der Waals surface area contributed by atoms with E-state index in [-0.39, 0.29) is 48.8 Å². The van der Waals surface area contributed by atoms with Gasteiger partial charge in [0.05, 0.1) is 11.3 Å². The first-order valence-electron chi connectivity index (χ1n) is 9.79. The Hall–Kier alpha value is -2.70.